The van der Waals surface area contributed by atoms with Crippen LogP contribution in [0, 0.1) is 5.41 Å². The Labute approximate surface area is 80.1 Å². The fourth-order valence-corrected chi connectivity index (χ4v) is 1.42. The van der Waals surface area contributed by atoms with Crippen molar-refractivity contribution in [1.82, 2.24) is 4.90 Å². The number of rotatable bonds is 0. The molecule has 0 atom stereocenters. The van der Waals surface area contributed by atoms with Crippen molar-refractivity contribution >= 4 is 5.91 Å². The molecule has 0 aromatic rings. The molecule has 1 amide bonds. The summed E-state index contributed by atoms with van der Waals surface area (Å²) in [6, 6.07) is 0. The Hall–Kier alpha value is -0.570. The van der Waals surface area contributed by atoms with Gasteiger partial charge in [-0.25, -0.2) is 0 Å². The van der Waals surface area contributed by atoms with Crippen LogP contribution >= 0.6 is 0 Å². The molecule has 0 aromatic heterocycles. The molecule has 1 rings (SSSR count). The molecular formula is C10H19NO2. The zero-order valence-electron chi connectivity index (χ0n) is 8.80. The topological polar surface area (TPSA) is 29.5 Å². The summed E-state index contributed by atoms with van der Waals surface area (Å²) in [5, 5.41) is 0. The Bertz CT molecular complexity index is 176. The Morgan fingerprint density at radius 3 is 2.54 bits per heavy atom. The highest BCUT2D eigenvalue weighted by Crippen LogP contribution is 2.18. The molecule has 3 heteroatoms. The van der Waals surface area contributed by atoms with Crippen LogP contribution in [0.1, 0.15) is 27.2 Å². The van der Waals surface area contributed by atoms with Gasteiger partial charge < -0.3 is 9.64 Å². The van der Waals surface area contributed by atoms with Crippen molar-refractivity contribution in [2.24, 2.45) is 5.41 Å². The number of hydrogen-bond donors (Lipinski definition) is 0. The minimum absolute atomic E-state index is 0.234. The van der Waals surface area contributed by atoms with Crippen molar-refractivity contribution in [2.45, 2.75) is 27.2 Å². The molecule has 1 aliphatic heterocycles. The number of hydrogen-bond acceptors (Lipinski definition) is 2. The second kappa shape index (κ2) is 4.09. The monoisotopic (exact) mass is 185 g/mol. The van der Waals surface area contributed by atoms with Crippen LogP contribution < -0.4 is 0 Å². The van der Waals surface area contributed by atoms with Crippen LogP contribution in [0.15, 0.2) is 0 Å². The van der Waals surface area contributed by atoms with Gasteiger partial charge >= 0.3 is 0 Å². The highest BCUT2D eigenvalue weighted by Gasteiger charge is 2.27. The number of nitrogens with zero attached hydrogens (tertiary/aromatic N) is 1. The predicted molar refractivity (Wildman–Crippen MR) is 51.5 cm³/mol. The third-order valence-corrected chi connectivity index (χ3v) is 2.15. The molecule has 0 spiro atoms. The summed E-state index contributed by atoms with van der Waals surface area (Å²) in [6.45, 7) is 8.94. The number of carbonyl (C=O) groups excluding carboxylic acids is 1. The third kappa shape index (κ3) is 2.99. The Balaban J connectivity index is 2.54. The van der Waals surface area contributed by atoms with Gasteiger partial charge in [0.05, 0.1) is 6.61 Å². The fourth-order valence-electron chi connectivity index (χ4n) is 1.42. The molecule has 0 aliphatic carbocycles. The first-order chi connectivity index (χ1) is 6.02. The first kappa shape index (κ1) is 10.5. The summed E-state index contributed by atoms with van der Waals surface area (Å²) in [4.78, 5) is 13.8. The summed E-state index contributed by atoms with van der Waals surface area (Å²) >= 11 is 0. The van der Waals surface area contributed by atoms with Crippen molar-refractivity contribution in [3.8, 4) is 0 Å². The van der Waals surface area contributed by atoms with Gasteiger partial charge in [-0.05, 0) is 6.42 Å². The summed E-state index contributed by atoms with van der Waals surface area (Å²) < 4.78 is 5.29. The molecule has 1 aliphatic rings. The Morgan fingerprint density at radius 2 is 1.92 bits per heavy atom. The maximum absolute atomic E-state index is 11.8. The lowest BCUT2D eigenvalue weighted by Crippen LogP contribution is -2.40. The van der Waals surface area contributed by atoms with Gasteiger partial charge in [0.1, 0.15) is 0 Å². The van der Waals surface area contributed by atoms with E-state index in [0.29, 0.717) is 6.61 Å². The minimum Gasteiger partial charge on any atom is -0.380 e. The molecule has 13 heavy (non-hydrogen) atoms. The predicted octanol–water partition coefficient (Wildman–Crippen LogP) is 1.28. The molecule has 76 valence electrons. The van der Waals surface area contributed by atoms with E-state index in [1.54, 1.807) is 0 Å². The van der Waals surface area contributed by atoms with Crippen molar-refractivity contribution in [1.29, 1.82) is 0 Å². The van der Waals surface area contributed by atoms with Gasteiger partial charge in [-0.3, -0.25) is 4.79 Å². The summed E-state index contributed by atoms with van der Waals surface area (Å²) in [7, 11) is 0. The van der Waals surface area contributed by atoms with Gasteiger partial charge in [-0.2, -0.15) is 0 Å². The van der Waals surface area contributed by atoms with E-state index in [1.807, 2.05) is 25.7 Å². The van der Waals surface area contributed by atoms with E-state index in [1.165, 1.54) is 0 Å². The molecule has 0 radical (unpaired) electrons. The van der Waals surface area contributed by atoms with Crippen LogP contribution in [0.25, 0.3) is 0 Å². The zero-order chi connectivity index (χ0) is 9.90. The smallest absolute Gasteiger partial charge is 0.228 e. The SMILES string of the molecule is CC(C)(C)C(=O)N1CCCOCC1. The average molecular weight is 185 g/mol. The summed E-state index contributed by atoms with van der Waals surface area (Å²) in [5.74, 6) is 0.234. The molecule has 0 N–H and O–H groups in total. The van der Waals surface area contributed by atoms with E-state index in [-0.39, 0.29) is 11.3 Å². The molecular weight excluding hydrogens is 166 g/mol. The van der Waals surface area contributed by atoms with E-state index >= 15 is 0 Å². The minimum atomic E-state index is -0.260. The lowest BCUT2D eigenvalue weighted by Gasteiger charge is -2.27. The van der Waals surface area contributed by atoms with Crippen LogP contribution in [-0.2, 0) is 9.53 Å². The van der Waals surface area contributed by atoms with Crippen LogP contribution in [0.3, 0.4) is 0 Å². The van der Waals surface area contributed by atoms with Crippen LogP contribution in [-0.4, -0.2) is 37.1 Å². The standard InChI is InChI=1S/C10H19NO2/c1-10(2,3)9(12)11-5-4-7-13-8-6-11/h4-8H2,1-3H3. The maximum Gasteiger partial charge on any atom is 0.228 e. The van der Waals surface area contributed by atoms with Crippen LogP contribution in [0.2, 0.25) is 0 Å². The molecule has 0 aromatic carbocycles. The normalized spacial score (nSPS) is 19.8. The van der Waals surface area contributed by atoms with Gasteiger partial charge in [-0.1, -0.05) is 20.8 Å². The lowest BCUT2D eigenvalue weighted by molar-refractivity contribution is -0.139. The largest absolute Gasteiger partial charge is 0.380 e. The average Bonchev–Trinajstić information content (AvgIpc) is 2.28. The highest BCUT2D eigenvalue weighted by atomic mass is 16.5. The lowest BCUT2D eigenvalue weighted by atomic mass is 9.94. The van der Waals surface area contributed by atoms with Crippen molar-refractivity contribution in [3.63, 3.8) is 0 Å². The molecule has 0 bridgehead atoms. The molecule has 0 saturated carbocycles. The van der Waals surface area contributed by atoms with Crippen molar-refractivity contribution in [2.75, 3.05) is 26.3 Å². The quantitative estimate of drug-likeness (QED) is 0.569. The van der Waals surface area contributed by atoms with Crippen molar-refractivity contribution < 1.29 is 9.53 Å². The van der Waals surface area contributed by atoms with E-state index in [2.05, 4.69) is 0 Å². The van der Waals surface area contributed by atoms with Gasteiger partial charge in [0, 0.05) is 25.1 Å². The van der Waals surface area contributed by atoms with Gasteiger partial charge in [0.15, 0.2) is 0 Å². The second-order valence-electron chi connectivity index (χ2n) is 4.51. The van der Waals surface area contributed by atoms with E-state index in [4.69, 9.17) is 4.74 Å². The molecule has 1 fully saturated rings. The van der Waals surface area contributed by atoms with Gasteiger partial charge in [0.2, 0.25) is 5.91 Å². The van der Waals surface area contributed by atoms with Gasteiger partial charge in [0.25, 0.3) is 0 Å². The number of ether oxygens (including phenoxy) is 1. The molecule has 1 saturated heterocycles. The molecule has 1 heterocycles. The summed E-state index contributed by atoms with van der Waals surface area (Å²) in [5.41, 5.74) is -0.260. The number of carbonyl (C=O) groups is 1. The van der Waals surface area contributed by atoms with Crippen LogP contribution in [0.5, 0.6) is 0 Å². The molecule has 0 unspecified atom stereocenters. The van der Waals surface area contributed by atoms with Crippen LogP contribution in [0.4, 0.5) is 0 Å². The Kier molecular flexibility index (Phi) is 3.31. The highest BCUT2D eigenvalue weighted by molar-refractivity contribution is 5.81. The van der Waals surface area contributed by atoms with Crippen molar-refractivity contribution in [3.05, 3.63) is 0 Å². The zero-order valence-corrected chi connectivity index (χ0v) is 8.80. The van der Waals surface area contributed by atoms with E-state index < -0.39 is 0 Å². The molecule has 3 nitrogen and oxygen atoms in total. The second-order valence-corrected chi connectivity index (χ2v) is 4.51. The Morgan fingerprint density at radius 1 is 1.23 bits per heavy atom. The third-order valence-electron chi connectivity index (χ3n) is 2.15. The summed E-state index contributed by atoms with van der Waals surface area (Å²) in [6.07, 6.45) is 0.960. The van der Waals surface area contributed by atoms with Gasteiger partial charge in [-0.15, -0.1) is 0 Å². The maximum atomic E-state index is 11.8. The fraction of sp³-hybridized carbons (Fsp3) is 0.900. The number of amides is 1. The van der Waals surface area contributed by atoms with E-state index in [9.17, 15) is 4.79 Å². The first-order valence-corrected chi connectivity index (χ1v) is 4.89. The first-order valence-electron chi connectivity index (χ1n) is 4.89. The van der Waals surface area contributed by atoms with E-state index in [0.717, 1.165) is 26.1 Å².